The molecule has 12 heavy (non-hydrogen) atoms. The van der Waals surface area contributed by atoms with Crippen LogP contribution in [-0.4, -0.2) is 35.7 Å². The SMILES string of the molecule is CC(C(C)C(C)(C)O)N(C)C.[Ti]. The molecule has 0 aromatic carbocycles. The zero-order chi connectivity index (χ0) is 9.23. The molecule has 2 nitrogen and oxygen atoms in total. The largest absolute Gasteiger partial charge is 0.390 e. The van der Waals surface area contributed by atoms with E-state index in [0.29, 0.717) is 6.04 Å². The van der Waals surface area contributed by atoms with Gasteiger partial charge in [-0.3, -0.25) is 0 Å². The van der Waals surface area contributed by atoms with Gasteiger partial charge in [-0.1, -0.05) is 6.92 Å². The van der Waals surface area contributed by atoms with Crippen LogP contribution < -0.4 is 0 Å². The number of nitrogens with zero attached hydrogens (tertiary/aromatic N) is 1. The van der Waals surface area contributed by atoms with Gasteiger partial charge in [0.25, 0.3) is 0 Å². The normalized spacial score (nSPS) is 17.0. The Bertz CT molecular complexity index is 120. The average molecular weight is 207 g/mol. The van der Waals surface area contributed by atoms with E-state index in [9.17, 15) is 5.11 Å². The van der Waals surface area contributed by atoms with E-state index in [1.807, 2.05) is 27.9 Å². The van der Waals surface area contributed by atoms with Gasteiger partial charge in [0.2, 0.25) is 0 Å². The van der Waals surface area contributed by atoms with Crippen molar-refractivity contribution in [2.75, 3.05) is 14.1 Å². The van der Waals surface area contributed by atoms with Crippen LogP contribution in [0.3, 0.4) is 0 Å². The summed E-state index contributed by atoms with van der Waals surface area (Å²) in [5, 5.41) is 9.68. The van der Waals surface area contributed by atoms with Crippen molar-refractivity contribution >= 4 is 0 Å². The quantitative estimate of drug-likeness (QED) is 0.706. The Kier molecular flexibility index (Phi) is 6.78. The molecule has 3 heteroatoms. The van der Waals surface area contributed by atoms with Crippen molar-refractivity contribution in [2.45, 2.75) is 39.3 Å². The van der Waals surface area contributed by atoms with E-state index in [4.69, 9.17) is 0 Å². The Morgan fingerprint density at radius 2 is 1.50 bits per heavy atom. The van der Waals surface area contributed by atoms with Crippen molar-refractivity contribution in [3.05, 3.63) is 0 Å². The standard InChI is InChI=1S/C9H21NO.Ti/c1-7(9(3,4)11)8(2)10(5)6;/h7-8,11H,1-6H3;. The summed E-state index contributed by atoms with van der Waals surface area (Å²) in [6.45, 7) is 7.92. The maximum atomic E-state index is 9.68. The van der Waals surface area contributed by atoms with E-state index in [-0.39, 0.29) is 27.6 Å². The minimum atomic E-state index is -0.580. The van der Waals surface area contributed by atoms with Crippen LogP contribution in [0.15, 0.2) is 0 Å². The average Bonchev–Trinajstić information content (AvgIpc) is 1.82. The van der Waals surface area contributed by atoms with Gasteiger partial charge in [-0.05, 0) is 40.8 Å². The third-order valence-electron chi connectivity index (χ3n) is 2.65. The van der Waals surface area contributed by atoms with Gasteiger partial charge < -0.3 is 10.0 Å². The van der Waals surface area contributed by atoms with E-state index < -0.39 is 5.60 Å². The van der Waals surface area contributed by atoms with Crippen LogP contribution in [0.4, 0.5) is 0 Å². The van der Waals surface area contributed by atoms with E-state index in [1.54, 1.807) is 0 Å². The van der Waals surface area contributed by atoms with Crippen molar-refractivity contribution in [1.29, 1.82) is 0 Å². The summed E-state index contributed by atoms with van der Waals surface area (Å²) in [6.07, 6.45) is 0. The first-order valence-corrected chi connectivity index (χ1v) is 4.15. The van der Waals surface area contributed by atoms with Gasteiger partial charge in [-0.25, -0.2) is 0 Å². The molecule has 2 atom stereocenters. The smallest absolute Gasteiger partial charge is 0.0631 e. The van der Waals surface area contributed by atoms with Crippen LogP contribution in [0, 0.1) is 5.92 Å². The Morgan fingerprint density at radius 1 is 1.17 bits per heavy atom. The molecule has 1 N–H and O–H groups in total. The van der Waals surface area contributed by atoms with Crippen LogP contribution in [0.1, 0.15) is 27.7 Å². The first kappa shape index (κ1) is 15.1. The second kappa shape index (κ2) is 5.38. The molecule has 0 radical (unpaired) electrons. The summed E-state index contributed by atoms with van der Waals surface area (Å²) in [4.78, 5) is 2.13. The third kappa shape index (κ3) is 4.61. The second-order valence-corrected chi connectivity index (χ2v) is 4.15. The Balaban J connectivity index is 0. The summed E-state index contributed by atoms with van der Waals surface area (Å²) >= 11 is 0. The first-order valence-electron chi connectivity index (χ1n) is 4.15. The van der Waals surface area contributed by atoms with Crippen molar-refractivity contribution < 1.29 is 26.8 Å². The summed E-state index contributed by atoms with van der Waals surface area (Å²) in [7, 11) is 4.07. The predicted molar refractivity (Wildman–Crippen MR) is 48.6 cm³/mol. The molecule has 0 fully saturated rings. The number of hydrogen-bond donors (Lipinski definition) is 1. The maximum Gasteiger partial charge on any atom is 0.0631 e. The van der Waals surface area contributed by atoms with Gasteiger partial charge in [0, 0.05) is 27.8 Å². The molecule has 72 valence electrons. The van der Waals surface area contributed by atoms with Gasteiger partial charge in [0.05, 0.1) is 5.60 Å². The molecule has 0 bridgehead atoms. The summed E-state index contributed by atoms with van der Waals surface area (Å²) in [5.41, 5.74) is -0.580. The molecule has 0 aliphatic carbocycles. The molecule has 0 saturated carbocycles. The fourth-order valence-corrected chi connectivity index (χ4v) is 1.04. The monoisotopic (exact) mass is 207 g/mol. The van der Waals surface area contributed by atoms with E-state index in [2.05, 4.69) is 18.7 Å². The van der Waals surface area contributed by atoms with Crippen molar-refractivity contribution in [3.8, 4) is 0 Å². The van der Waals surface area contributed by atoms with Crippen LogP contribution in [0.5, 0.6) is 0 Å². The Morgan fingerprint density at radius 3 is 1.58 bits per heavy atom. The summed E-state index contributed by atoms with van der Waals surface area (Å²) in [5.74, 6) is 0.289. The summed E-state index contributed by atoms with van der Waals surface area (Å²) in [6, 6.07) is 0.412. The number of aliphatic hydroxyl groups is 1. The molecular formula is C9H21NOTi. The Labute approximate surface area is 91.2 Å². The van der Waals surface area contributed by atoms with E-state index in [1.165, 1.54) is 0 Å². The topological polar surface area (TPSA) is 23.5 Å². The number of hydrogen-bond acceptors (Lipinski definition) is 2. The zero-order valence-electron chi connectivity index (χ0n) is 9.05. The molecule has 0 amide bonds. The molecule has 0 aromatic heterocycles. The van der Waals surface area contributed by atoms with Gasteiger partial charge in [-0.15, -0.1) is 0 Å². The third-order valence-corrected chi connectivity index (χ3v) is 2.65. The minimum Gasteiger partial charge on any atom is -0.390 e. The molecule has 0 aromatic rings. The van der Waals surface area contributed by atoms with Gasteiger partial charge in [0.1, 0.15) is 0 Å². The van der Waals surface area contributed by atoms with Crippen LogP contribution in [0.25, 0.3) is 0 Å². The predicted octanol–water partition coefficient (Wildman–Crippen LogP) is 1.34. The van der Waals surface area contributed by atoms with Gasteiger partial charge >= 0.3 is 0 Å². The van der Waals surface area contributed by atoms with Crippen LogP contribution in [-0.2, 0) is 21.7 Å². The molecule has 0 spiro atoms. The van der Waals surface area contributed by atoms with Crippen molar-refractivity contribution in [3.63, 3.8) is 0 Å². The van der Waals surface area contributed by atoms with E-state index in [0.717, 1.165) is 0 Å². The maximum absolute atomic E-state index is 9.68. The minimum absolute atomic E-state index is 0. The molecular weight excluding hydrogens is 186 g/mol. The molecule has 0 aliphatic rings. The molecule has 0 heterocycles. The fraction of sp³-hybridized carbons (Fsp3) is 1.00. The van der Waals surface area contributed by atoms with E-state index >= 15 is 0 Å². The van der Waals surface area contributed by atoms with Crippen molar-refractivity contribution in [2.24, 2.45) is 5.92 Å². The summed E-state index contributed by atoms with van der Waals surface area (Å²) < 4.78 is 0. The second-order valence-electron chi connectivity index (χ2n) is 4.15. The van der Waals surface area contributed by atoms with Crippen LogP contribution in [0.2, 0.25) is 0 Å². The molecule has 0 saturated heterocycles. The Hall–Kier alpha value is 0.634. The molecule has 0 rings (SSSR count). The molecule has 2 unspecified atom stereocenters. The fourth-order valence-electron chi connectivity index (χ4n) is 1.04. The van der Waals surface area contributed by atoms with Gasteiger partial charge in [0.15, 0.2) is 0 Å². The van der Waals surface area contributed by atoms with Gasteiger partial charge in [-0.2, -0.15) is 0 Å². The molecule has 0 aliphatic heterocycles. The number of rotatable bonds is 3. The first-order chi connectivity index (χ1) is 4.76. The van der Waals surface area contributed by atoms with Crippen LogP contribution >= 0.6 is 0 Å². The van der Waals surface area contributed by atoms with Crippen molar-refractivity contribution in [1.82, 2.24) is 4.90 Å². The zero-order valence-corrected chi connectivity index (χ0v) is 10.6.